The fraction of sp³-hybridized carbons (Fsp3) is 0.143. The average Bonchev–Trinajstić information content (AvgIpc) is 3.63. The number of amides is 4. The highest BCUT2D eigenvalue weighted by atomic mass is 16.5. The van der Waals surface area contributed by atoms with Crippen molar-refractivity contribution in [3.8, 4) is 23.0 Å². The smallest absolute Gasteiger partial charge is 0.335 e. The Bertz CT molecular complexity index is 2670. The molecule has 61 heavy (non-hydrogen) atoms. The molecule has 0 atom stereocenters. The molecular weight excluding hydrogens is 777 g/mol. The SMILES string of the molecule is Cc1cc(C(C)(C)c2cc(C)c(Oc3ccc(N4C(=O)c5ccc(C(=O)O)cc5C4=O)cc3)c(C)c2)cc(C)c1Oc1ccc(N2C(=O)c3ccc(C(=O)O)cc3C2=O)cc1. The fourth-order valence-electron chi connectivity index (χ4n) is 7.89. The maximum absolute atomic E-state index is 13.1. The lowest BCUT2D eigenvalue weighted by Crippen LogP contribution is -2.29. The van der Waals surface area contributed by atoms with E-state index in [0.29, 0.717) is 34.4 Å². The van der Waals surface area contributed by atoms with E-state index in [4.69, 9.17) is 9.47 Å². The molecule has 0 unspecified atom stereocenters. The molecule has 2 aliphatic heterocycles. The van der Waals surface area contributed by atoms with Crippen molar-refractivity contribution in [3.05, 3.63) is 176 Å². The average molecular weight is 815 g/mol. The van der Waals surface area contributed by atoms with Crippen molar-refractivity contribution in [1.29, 1.82) is 0 Å². The van der Waals surface area contributed by atoms with Gasteiger partial charge in [0.15, 0.2) is 0 Å². The van der Waals surface area contributed by atoms with Gasteiger partial charge < -0.3 is 19.7 Å². The highest BCUT2D eigenvalue weighted by Gasteiger charge is 2.38. The second-order valence-corrected chi connectivity index (χ2v) is 15.7. The molecule has 0 fully saturated rings. The number of carbonyl (C=O) groups excluding carboxylic acids is 4. The minimum absolute atomic E-state index is 0.0453. The molecular formula is C49H38N2O10. The van der Waals surface area contributed by atoms with Crippen LogP contribution in [0.25, 0.3) is 0 Å². The molecule has 12 heteroatoms. The van der Waals surface area contributed by atoms with Crippen LogP contribution in [0.2, 0.25) is 0 Å². The summed E-state index contributed by atoms with van der Waals surface area (Å²) in [6.07, 6.45) is 0. The lowest BCUT2D eigenvalue weighted by atomic mass is 9.76. The first-order valence-corrected chi connectivity index (χ1v) is 19.3. The molecule has 6 aromatic carbocycles. The highest BCUT2D eigenvalue weighted by Crippen LogP contribution is 2.41. The van der Waals surface area contributed by atoms with Gasteiger partial charge in [-0.3, -0.25) is 19.2 Å². The monoisotopic (exact) mass is 814 g/mol. The largest absolute Gasteiger partial charge is 0.478 e. The Kier molecular flexibility index (Phi) is 9.66. The van der Waals surface area contributed by atoms with Gasteiger partial charge in [0.05, 0.1) is 44.8 Å². The molecule has 2 heterocycles. The molecule has 0 bridgehead atoms. The molecule has 4 amide bonds. The third-order valence-corrected chi connectivity index (χ3v) is 11.3. The van der Waals surface area contributed by atoms with Gasteiger partial charge in [0, 0.05) is 5.41 Å². The molecule has 0 spiro atoms. The van der Waals surface area contributed by atoms with Gasteiger partial charge in [0.25, 0.3) is 23.6 Å². The topological polar surface area (TPSA) is 168 Å². The first kappa shape index (κ1) is 39.9. The Morgan fingerprint density at radius 2 is 0.770 bits per heavy atom. The van der Waals surface area contributed by atoms with E-state index in [2.05, 4.69) is 38.1 Å². The van der Waals surface area contributed by atoms with Gasteiger partial charge in [-0.1, -0.05) is 38.1 Å². The first-order chi connectivity index (χ1) is 28.9. The van der Waals surface area contributed by atoms with Crippen molar-refractivity contribution < 1.29 is 48.5 Å². The van der Waals surface area contributed by atoms with Crippen molar-refractivity contribution >= 4 is 46.9 Å². The predicted molar refractivity (Wildman–Crippen MR) is 226 cm³/mol. The Morgan fingerprint density at radius 3 is 1.08 bits per heavy atom. The summed E-state index contributed by atoms with van der Waals surface area (Å²) in [7, 11) is 0. The Morgan fingerprint density at radius 1 is 0.459 bits per heavy atom. The standard InChI is InChI=1S/C49H38N2O10/c1-25-19-31(20-26(2)41(25)60-35-13-9-33(10-14-35)50-43(52)37-17-7-29(47(56)57)23-39(37)45(50)54)49(5,6)32-21-27(3)42(28(4)22-32)61-36-15-11-34(12-16-36)51-44(53)38-18-8-30(48(58)59)24-40(38)46(51)55/h7-24H,1-6H3,(H,56,57)(H,58,59). The predicted octanol–water partition coefficient (Wildman–Crippen LogP) is 9.83. The molecule has 0 aromatic heterocycles. The van der Waals surface area contributed by atoms with Crippen molar-refractivity contribution in [2.75, 3.05) is 9.80 Å². The minimum Gasteiger partial charge on any atom is -0.478 e. The van der Waals surface area contributed by atoms with Crippen LogP contribution < -0.4 is 19.3 Å². The summed E-state index contributed by atoms with van der Waals surface area (Å²) in [6.45, 7) is 12.2. The number of ether oxygens (including phenoxy) is 2. The molecule has 2 aliphatic rings. The van der Waals surface area contributed by atoms with E-state index in [0.717, 1.165) is 43.2 Å². The zero-order valence-electron chi connectivity index (χ0n) is 33.9. The first-order valence-electron chi connectivity index (χ1n) is 19.3. The maximum atomic E-state index is 13.1. The number of carboxylic acid groups (broad SMARTS) is 2. The summed E-state index contributed by atoms with van der Waals surface area (Å²) in [6, 6.07) is 29.3. The van der Waals surface area contributed by atoms with Crippen molar-refractivity contribution in [2.24, 2.45) is 0 Å². The van der Waals surface area contributed by atoms with Crippen LogP contribution in [0.3, 0.4) is 0 Å². The number of aromatic carboxylic acids is 2. The summed E-state index contributed by atoms with van der Waals surface area (Å²) in [5.74, 6) is -2.26. The molecule has 0 saturated carbocycles. The third kappa shape index (κ3) is 6.87. The van der Waals surface area contributed by atoms with Crippen LogP contribution >= 0.6 is 0 Å². The van der Waals surface area contributed by atoms with E-state index < -0.39 is 41.0 Å². The summed E-state index contributed by atoms with van der Waals surface area (Å²) >= 11 is 0. The molecule has 0 aliphatic carbocycles. The lowest BCUT2D eigenvalue weighted by molar-refractivity contribution is 0.0686. The van der Waals surface area contributed by atoms with Gasteiger partial charge in [-0.05, 0) is 146 Å². The van der Waals surface area contributed by atoms with Crippen LogP contribution in [-0.4, -0.2) is 45.8 Å². The van der Waals surface area contributed by atoms with Crippen molar-refractivity contribution in [2.45, 2.75) is 47.0 Å². The number of hydrogen-bond acceptors (Lipinski definition) is 8. The number of imide groups is 2. The molecule has 0 saturated heterocycles. The number of carboxylic acids is 2. The normalized spacial score (nSPS) is 13.4. The number of hydrogen-bond donors (Lipinski definition) is 2. The molecule has 8 rings (SSSR count). The number of benzene rings is 6. The summed E-state index contributed by atoms with van der Waals surface area (Å²) < 4.78 is 12.7. The van der Waals surface area contributed by atoms with Gasteiger partial charge in [-0.15, -0.1) is 0 Å². The number of anilines is 2. The second-order valence-electron chi connectivity index (χ2n) is 15.7. The molecule has 304 valence electrons. The Hall–Kier alpha value is -7.86. The number of carbonyl (C=O) groups is 6. The zero-order valence-corrected chi connectivity index (χ0v) is 33.9. The van der Waals surface area contributed by atoms with Crippen molar-refractivity contribution in [3.63, 3.8) is 0 Å². The number of nitrogens with zero attached hydrogens (tertiary/aromatic N) is 2. The third-order valence-electron chi connectivity index (χ3n) is 11.3. The Labute approximate surface area is 350 Å². The highest BCUT2D eigenvalue weighted by molar-refractivity contribution is 6.35. The summed E-state index contributed by atoms with van der Waals surface area (Å²) in [4.78, 5) is 77.4. The van der Waals surface area contributed by atoms with E-state index in [1.54, 1.807) is 48.5 Å². The van der Waals surface area contributed by atoms with Crippen LogP contribution in [0.5, 0.6) is 23.0 Å². The molecule has 0 radical (unpaired) electrons. The fourth-order valence-corrected chi connectivity index (χ4v) is 7.89. The van der Waals surface area contributed by atoms with Gasteiger partial charge in [0.1, 0.15) is 23.0 Å². The van der Waals surface area contributed by atoms with Gasteiger partial charge in [-0.25, -0.2) is 19.4 Å². The molecule has 12 nitrogen and oxygen atoms in total. The minimum atomic E-state index is -1.19. The number of fused-ring (bicyclic) bond motifs is 2. The van der Waals surface area contributed by atoms with Crippen LogP contribution in [0.15, 0.2) is 109 Å². The van der Waals surface area contributed by atoms with E-state index in [-0.39, 0.29) is 33.4 Å². The summed E-state index contributed by atoms with van der Waals surface area (Å²) in [5, 5.41) is 18.7. The van der Waals surface area contributed by atoms with Gasteiger partial charge in [0.2, 0.25) is 0 Å². The van der Waals surface area contributed by atoms with Crippen LogP contribution in [-0.2, 0) is 5.41 Å². The van der Waals surface area contributed by atoms with Crippen LogP contribution in [0.1, 0.15) is 109 Å². The Balaban J connectivity index is 0.962. The van der Waals surface area contributed by atoms with Gasteiger partial charge in [-0.2, -0.15) is 0 Å². The molecule has 6 aromatic rings. The van der Waals surface area contributed by atoms with E-state index in [1.165, 1.54) is 36.4 Å². The zero-order chi connectivity index (χ0) is 43.7. The number of aryl methyl sites for hydroxylation is 4. The van der Waals surface area contributed by atoms with E-state index in [1.807, 2.05) is 27.7 Å². The summed E-state index contributed by atoms with van der Waals surface area (Å²) in [5.41, 5.74) is 6.24. The molecule has 2 N–H and O–H groups in total. The van der Waals surface area contributed by atoms with E-state index in [9.17, 15) is 39.0 Å². The lowest BCUT2D eigenvalue weighted by Gasteiger charge is -2.29. The van der Waals surface area contributed by atoms with Gasteiger partial charge >= 0.3 is 11.9 Å². The van der Waals surface area contributed by atoms with Crippen LogP contribution in [0, 0.1) is 27.7 Å². The quantitative estimate of drug-likeness (QED) is 0.127. The van der Waals surface area contributed by atoms with Crippen molar-refractivity contribution in [1.82, 2.24) is 0 Å². The number of rotatable bonds is 10. The van der Waals surface area contributed by atoms with Crippen LogP contribution in [0.4, 0.5) is 11.4 Å². The second kappa shape index (κ2) is 14.8. The van der Waals surface area contributed by atoms with E-state index >= 15 is 0 Å². The maximum Gasteiger partial charge on any atom is 0.335 e.